The van der Waals surface area contributed by atoms with Gasteiger partial charge < -0.3 is 9.80 Å². The lowest BCUT2D eigenvalue weighted by molar-refractivity contribution is -0.128. The SMILES string of the molecule is CC(C)N1CCC2(CC1)CC(=O)N(Cc1ccc(Cl)cc1)C2. The predicted octanol–water partition coefficient (Wildman–Crippen LogP) is 3.56. The summed E-state index contributed by atoms with van der Waals surface area (Å²) < 4.78 is 0. The van der Waals surface area contributed by atoms with Crippen molar-refractivity contribution in [3.8, 4) is 0 Å². The van der Waals surface area contributed by atoms with Crippen molar-refractivity contribution in [2.24, 2.45) is 5.41 Å². The van der Waals surface area contributed by atoms with Crippen LogP contribution in [-0.2, 0) is 11.3 Å². The molecule has 4 heteroatoms. The molecule has 2 fully saturated rings. The van der Waals surface area contributed by atoms with Gasteiger partial charge in [-0.1, -0.05) is 23.7 Å². The van der Waals surface area contributed by atoms with Crippen LogP contribution >= 0.6 is 11.6 Å². The molecule has 0 atom stereocenters. The maximum atomic E-state index is 12.4. The Morgan fingerprint density at radius 1 is 1.18 bits per heavy atom. The topological polar surface area (TPSA) is 23.6 Å². The molecule has 2 aliphatic heterocycles. The monoisotopic (exact) mass is 320 g/mol. The molecule has 0 saturated carbocycles. The van der Waals surface area contributed by atoms with Gasteiger partial charge in [-0.15, -0.1) is 0 Å². The second kappa shape index (κ2) is 6.21. The normalized spacial score (nSPS) is 22.0. The van der Waals surface area contributed by atoms with Gasteiger partial charge in [-0.3, -0.25) is 4.79 Å². The highest BCUT2D eigenvalue weighted by atomic mass is 35.5. The average molecular weight is 321 g/mol. The van der Waals surface area contributed by atoms with Crippen LogP contribution in [-0.4, -0.2) is 41.4 Å². The van der Waals surface area contributed by atoms with Gasteiger partial charge in [-0.2, -0.15) is 0 Å². The molecule has 2 saturated heterocycles. The average Bonchev–Trinajstić information content (AvgIpc) is 2.77. The first-order valence-corrected chi connectivity index (χ1v) is 8.62. The number of benzene rings is 1. The Hall–Kier alpha value is -1.06. The largest absolute Gasteiger partial charge is 0.338 e. The summed E-state index contributed by atoms with van der Waals surface area (Å²) >= 11 is 5.93. The number of rotatable bonds is 3. The Balaban J connectivity index is 1.62. The zero-order valence-corrected chi connectivity index (χ0v) is 14.3. The van der Waals surface area contributed by atoms with Gasteiger partial charge in [0, 0.05) is 30.6 Å². The van der Waals surface area contributed by atoms with Crippen molar-refractivity contribution in [1.82, 2.24) is 9.80 Å². The molecule has 3 rings (SSSR count). The van der Waals surface area contributed by atoms with E-state index in [1.807, 2.05) is 29.2 Å². The minimum Gasteiger partial charge on any atom is -0.338 e. The van der Waals surface area contributed by atoms with Gasteiger partial charge in [-0.05, 0) is 62.9 Å². The van der Waals surface area contributed by atoms with Gasteiger partial charge in [-0.25, -0.2) is 0 Å². The third kappa shape index (κ3) is 3.31. The summed E-state index contributed by atoms with van der Waals surface area (Å²) in [6, 6.07) is 8.44. The van der Waals surface area contributed by atoms with Gasteiger partial charge in [0.15, 0.2) is 0 Å². The molecule has 0 aromatic heterocycles. The molecule has 1 spiro atoms. The Bertz CT molecular complexity index is 533. The lowest BCUT2D eigenvalue weighted by Crippen LogP contribution is -2.44. The van der Waals surface area contributed by atoms with Gasteiger partial charge in [0.2, 0.25) is 5.91 Å². The standard InChI is InChI=1S/C18H25ClN2O/c1-14(2)20-9-7-18(8-10-20)11-17(22)21(13-18)12-15-3-5-16(19)6-4-15/h3-6,14H,7-13H2,1-2H3. The third-order valence-electron chi connectivity index (χ3n) is 5.28. The second-order valence-corrected chi connectivity index (χ2v) is 7.62. The van der Waals surface area contributed by atoms with Gasteiger partial charge in [0.05, 0.1) is 0 Å². The van der Waals surface area contributed by atoms with Gasteiger partial charge in [0.1, 0.15) is 0 Å². The molecule has 0 unspecified atom stereocenters. The molecule has 22 heavy (non-hydrogen) atoms. The highest BCUT2D eigenvalue weighted by Gasteiger charge is 2.44. The Morgan fingerprint density at radius 2 is 1.82 bits per heavy atom. The van der Waals surface area contributed by atoms with Crippen molar-refractivity contribution < 1.29 is 4.79 Å². The highest BCUT2D eigenvalue weighted by molar-refractivity contribution is 6.30. The lowest BCUT2D eigenvalue weighted by Gasteiger charge is -2.40. The van der Waals surface area contributed by atoms with E-state index in [2.05, 4.69) is 18.7 Å². The zero-order chi connectivity index (χ0) is 15.7. The summed E-state index contributed by atoms with van der Waals surface area (Å²) in [4.78, 5) is 17.0. The molecule has 2 heterocycles. The first-order valence-electron chi connectivity index (χ1n) is 8.24. The number of hydrogen-bond acceptors (Lipinski definition) is 2. The van der Waals surface area contributed by atoms with Crippen LogP contribution in [0.15, 0.2) is 24.3 Å². The Kier molecular flexibility index (Phi) is 4.47. The molecule has 0 bridgehead atoms. The molecule has 120 valence electrons. The molecular weight excluding hydrogens is 296 g/mol. The summed E-state index contributed by atoms with van der Waals surface area (Å²) in [6.07, 6.45) is 3.02. The van der Waals surface area contributed by atoms with Crippen molar-refractivity contribution in [2.45, 2.75) is 45.7 Å². The number of likely N-dealkylation sites (tertiary alicyclic amines) is 2. The molecule has 0 aliphatic carbocycles. The number of nitrogens with zero attached hydrogens (tertiary/aromatic N) is 2. The maximum absolute atomic E-state index is 12.4. The number of amides is 1. The van der Waals surface area contributed by atoms with Crippen molar-refractivity contribution in [1.29, 1.82) is 0 Å². The van der Waals surface area contributed by atoms with Crippen molar-refractivity contribution in [3.05, 3.63) is 34.9 Å². The van der Waals surface area contributed by atoms with Crippen LogP contribution in [0, 0.1) is 5.41 Å². The van der Waals surface area contributed by atoms with E-state index in [0.29, 0.717) is 18.5 Å². The van der Waals surface area contributed by atoms with E-state index >= 15 is 0 Å². The fourth-order valence-corrected chi connectivity index (χ4v) is 3.91. The Labute approximate surface area is 138 Å². The molecular formula is C18H25ClN2O. The molecule has 1 aromatic rings. The fourth-order valence-electron chi connectivity index (χ4n) is 3.79. The van der Waals surface area contributed by atoms with Gasteiger partial charge >= 0.3 is 0 Å². The van der Waals surface area contributed by atoms with Crippen LogP contribution in [0.25, 0.3) is 0 Å². The van der Waals surface area contributed by atoms with E-state index in [4.69, 9.17) is 11.6 Å². The number of carbonyl (C=O) groups is 1. The van der Waals surface area contributed by atoms with Crippen LogP contribution < -0.4 is 0 Å². The number of halogens is 1. The van der Waals surface area contributed by atoms with E-state index in [9.17, 15) is 4.79 Å². The summed E-state index contributed by atoms with van der Waals surface area (Å²) in [5.41, 5.74) is 1.38. The van der Waals surface area contributed by atoms with Crippen molar-refractivity contribution in [3.63, 3.8) is 0 Å². The van der Waals surface area contributed by atoms with E-state index < -0.39 is 0 Å². The predicted molar refractivity (Wildman–Crippen MR) is 89.9 cm³/mol. The Morgan fingerprint density at radius 3 is 2.41 bits per heavy atom. The van der Waals surface area contributed by atoms with Crippen LogP contribution in [0.4, 0.5) is 0 Å². The summed E-state index contributed by atoms with van der Waals surface area (Å²) in [7, 11) is 0. The zero-order valence-electron chi connectivity index (χ0n) is 13.5. The van der Waals surface area contributed by atoms with Crippen molar-refractivity contribution >= 4 is 17.5 Å². The quantitative estimate of drug-likeness (QED) is 0.850. The van der Waals surface area contributed by atoms with E-state index in [1.54, 1.807) is 0 Å². The first-order chi connectivity index (χ1) is 10.5. The van der Waals surface area contributed by atoms with E-state index in [1.165, 1.54) is 0 Å². The molecule has 3 nitrogen and oxygen atoms in total. The maximum Gasteiger partial charge on any atom is 0.223 e. The summed E-state index contributed by atoms with van der Waals surface area (Å²) in [5.74, 6) is 0.313. The molecule has 1 aromatic carbocycles. The number of carbonyl (C=O) groups excluding carboxylic acids is 1. The minimum atomic E-state index is 0.217. The number of hydrogen-bond donors (Lipinski definition) is 0. The van der Waals surface area contributed by atoms with Gasteiger partial charge in [0.25, 0.3) is 0 Å². The van der Waals surface area contributed by atoms with Crippen LogP contribution in [0.3, 0.4) is 0 Å². The third-order valence-corrected chi connectivity index (χ3v) is 5.53. The van der Waals surface area contributed by atoms with E-state index in [0.717, 1.165) is 49.5 Å². The summed E-state index contributed by atoms with van der Waals surface area (Å²) in [5, 5.41) is 0.744. The second-order valence-electron chi connectivity index (χ2n) is 7.18. The molecule has 0 radical (unpaired) electrons. The molecule has 1 amide bonds. The number of piperidine rings is 1. The summed E-state index contributed by atoms with van der Waals surface area (Å²) in [6.45, 7) is 8.39. The smallest absolute Gasteiger partial charge is 0.223 e. The van der Waals surface area contributed by atoms with Crippen molar-refractivity contribution in [2.75, 3.05) is 19.6 Å². The lowest BCUT2D eigenvalue weighted by atomic mass is 9.77. The minimum absolute atomic E-state index is 0.217. The molecule has 0 N–H and O–H groups in total. The van der Waals surface area contributed by atoms with Crippen LogP contribution in [0.2, 0.25) is 5.02 Å². The fraction of sp³-hybridized carbons (Fsp3) is 0.611. The highest BCUT2D eigenvalue weighted by Crippen LogP contribution is 2.41. The molecule has 2 aliphatic rings. The first kappa shape index (κ1) is 15.8. The van der Waals surface area contributed by atoms with Crippen LogP contribution in [0.1, 0.15) is 38.7 Å². The van der Waals surface area contributed by atoms with Crippen LogP contribution in [0.5, 0.6) is 0 Å². The van der Waals surface area contributed by atoms with E-state index in [-0.39, 0.29) is 5.41 Å².